The number of carbonyl (C=O) groups is 2. The van der Waals surface area contributed by atoms with Crippen molar-refractivity contribution < 1.29 is 24.3 Å². The smallest absolute Gasteiger partial charge is 0.348 e. The van der Waals surface area contributed by atoms with E-state index in [9.17, 15) is 9.59 Å². The summed E-state index contributed by atoms with van der Waals surface area (Å²) in [5.41, 5.74) is 2.97. The van der Waals surface area contributed by atoms with E-state index >= 15 is 0 Å². The zero-order chi connectivity index (χ0) is 14.3. The highest BCUT2D eigenvalue weighted by Crippen LogP contribution is 2.12. The Morgan fingerprint density at radius 1 is 1.42 bits per heavy atom. The molecule has 6 heteroatoms. The third-order valence-corrected chi connectivity index (χ3v) is 2.37. The highest BCUT2D eigenvalue weighted by atomic mass is 16.7. The van der Waals surface area contributed by atoms with Crippen LogP contribution in [0.5, 0.6) is 5.75 Å². The molecule has 1 atom stereocenters. The van der Waals surface area contributed by atoms with Crippen molar-refractivity contribution in [3.8, 4) is 5.75 Å². The minimum absolute atomic E-state index is 0.170. The molecule has 0 aliphatic rings. The predicted molar refractivity (Wildman–Crippen MR) is 67.5 cm³/mol. The van der Waals surface area contributed by atoms with Crippen molar-refractivity contribution in [2.24, 2.45) is 0 Å². The monoisotopic (exact) mass is 265 g/mol. The van der Waals surface area contributed by atoms with Crippen LogP contribution in [-0.2, 0) is 20.8 Å². The minimum atomic E-state index is -1.12. The van der Waals surface area contributed by atoms with Gasteiger partial charge in [-0.3, -0.25) is 4.79 Å². The summed E-state index contributed by atoms with van der Waals surface area (Å²) in [6.07, 6.45) is 1.11. The first kappa shape index (κ1) is 14.7. The second kappa shape index (κ2) is 7.17. The minimum Gasteiger partial charge on any atom is -0.497 e. The van der Waals surface area contributed by atoms with Gasteiger partial charge in [0.15, 0.2) is 0 Å². The quantitative estimate of drug-likeness (QED) is 0.563. The van der Waals surface area contributed by atoms with E-state index in [1.807, 2.05) is 0 Å². The van der Waals surface area contributed by atoms with Crippen LogP contribution in [-0.4, -0.2) is 30.2 Å². The Kier molecular flexibility index (Phi) is 5.56. The van der Waals surface area contributed by atoms with Gasteiger partial charge in [0.1, 0.15) is 11.8 Å². The summed E-state index contributed by atoms with van der Waals surface area (Å²) in [6.45, 7) is 3.21. The van der Waals surface area contributed by atoms with Gasteiger partial charge in [-0.2, -0.15) is 0 Å². The Bertz CT molecular complexity index is 455. The Labute approximate surface area is 110 Å². The van der Waals surface area contributed by atoms with E-state index in [2.05, 4.69) is 16.9 Å². The fourth-order valence-corrected chi connectivity index (χ4v) is 1.35. The first-order chi connectivity index (χ1) is 9.06. The number of hydrogen-bond acceptors (Lipinski definition) is 5. The molecule has 0 saturated carbocycles. The Hall–Kier alpha value is -2.34. The topological polar surface area (TPSA) is 84.9 Å². The molecular formula is C13H15NO5. The van der Waals surface area contributed by atoms with E-state index in [-0.39, 0.29) is 6.42 Å². The lowest BCUT2D eigenvalue weighted by molar-refractivity contribution is -0.153. The van der Waals surface area contributed by atoms with Gasteiger partial charge in [-0.25, -0.2) is 4.79 Å². The lowest BCUT2D eigenvalue weighted by Gasteiger charge is -2.13. The fourth-order valence-electron chi connectivity index (χ4n) is 1.35. The molecule has 0 aromatic heterocycles. The van der Waals surface area contributed by atoms with Crippen molar-refractivity contribution in [1.29, 1.82) is 0 Å². The first-order valence-electron chi connectivity index (χ1n) is 5.51. The third kappa shape index (κ3) is 4.81. The second-order valence-corrected chi connectivity index (χ2v) is 3.69. The largest absolute Gasteiger partial charge is 0.497 e. The number of carbonyl (C=O) groups excluding carboxylic acids is 1. The zero-order valence-electron chi connectivity index (χ0n) is 10.5. The molecule has 1 rings (SSSR count). The molecule has 1 aromatic rings. The number of rotatable bonds is 7. The molecule has 0 heterocycles. The molecule has 0 bridgehead atoms. The molecule has 1 aromatic carbocycles. The van der Waals surface area contributed by atoms with Crippen LogP contribution >= 0.6 is 0 Å². The number of hydroxylamine groups is 1. The van der Waals surface area contributed by atoms with Gasteiger partial charge in [-0.15, -0.1) is 5.48 Å². The number of nitrogens with one attached hydrogen (secondary N) is 1. The van der Waals surface area contributed by atoms with Gasteiger partial charge in [0.05, 0.1) is 7.11 Å². The molecule has 0 aliphatic carbocycles. The average Bonchev–Trinajstić information content (AvgIpc) is 2.43. The van der Waals surface area contributed by atoms with E-state index in [1.54, 1.807) is 31.4 Å². The van der Waals surface area contributed by atoms with Gasteiger partial charge < -0.3 is 14.7 Å². The summed E-state index contributed by atoms with van der Waals surface area (Å²) in [7, 11) is 1.55. The van der Waals surface area contributed by atoms with Gasteiger partial charge in [0, 0.05) is 12.5 Å². The van der Waals surface area contributed by atoms with Crippen molar-refractivity contribution in [3.05, 3.63) is 42.5 Å². The number of ether oxygens (including phenoxy) is 1. The van der Waals surface area contributed by atoms with E-state index < -0.39 is 18.0 Å². The maximum absolute atomic E-state index is 11.0. The molecule has 2 N–H and O–H groups in total. The molecule has 0 aliphatic heterocycles. The average molecular weight is 265 g/mol. The third-order valence-electron chi connectivity index (χ3n) is 2.37. The van der Waals surface area contributed by atoms with Crippen LogP contribution < -0.4 is 10.2 Å². The van der Waals surface area contributed by atoms with Crippen molar-refractivity contribution in [1.82, 2.24) is 5.48 Å². The van der Waals surface area contributed by atoms with Gasteiger partial charge in [0.25, 0.3) is 0 Å². The summed E-state index contributed by atoms with van der Waals surface area (Å²) < 4.78 is 5.00. The number of benzene rings is 1. The maximum atomic E-state index is 11.0. The molecule has 19 heavy (non-hydrogen) atoms. The van der Waals surface area contributed by atoms with E-state index in [0.717, 1.165) is 11.6 Å². The van der Waals surface area contributed by atoms with Crippen molar-refractivity contribution >= 4 is 11.9 Å². The number of hydrogen-bond donors (Lipinski definition) is 2. The number of methoxy groups -OCH3 is 1. The first-order valence-corrected chi connectivity index (χ1v) is 5.51. The van der Waals surface area contributed by atoms with Crippen molar-refractivity contribution in [2.75, 3.05) is 7.11 Å². The fraction of sp³-hybridized carbons (Fsp3) is 0.231. The van der Waals surface area contributed by atoms with Gasteiger partial charge >= 0.3 is 11.9 Å². The highest BCUT2D eigenvalue weighted by Gasteiger charge is 2.19. The van der Waals surface area contributed by atoms with Crippen LogP contribution in [0.2, 0.25) is 0 Å². The lowest BCUT2D eigenvalue weighted by Crippen LogP contribution is -2.39. The Morgan fingerprint density at radius 3 is 2.53 bits per heavy atom. The molecule has 0 radical (unpaired) electrons. The van der Waals surface area contributed by atoms with Crippen molar-refractivity contribution in [2.45, 2.75) is 12.5 Å². The van der Waals surface area contributed by atoms with Gasteiger partial charge in [-0.05, 0) is 17.7 Å². The van der Waals surface area contributed by atoms with Crippen molar-refractivity contribution in [3.63, 3.8) is 0 Å². The Morgan fingerprint density at radius 2 is 2.05 bits per heavy atom. The van der Waals surface area contributed by atoms with Crippen LogP contribution in [0.3, 0.4) is 0 Å². The molecule has 0 amide bonds. The molecule has 0 saturated heterocycles. The zero-order valence-corrected chi connectivity index (χ0v) is 10.5. The van der Waals surface area contributed by atoms with Crippen LogP contribution in [0, 0.1) is 0 Å². The maximum Gasteiger partial charge on any atom is 0.348 e. The molecule has 102 valence electrons. The summed E-state index contributed by atoms with van der Waals surface area (Å²) in [5.74, 6) is -1.17. The van der Waals surface area contributed by atoms with Crippen LogP contribution in [0.15, 0.2) is 36.9 Å². The summed E-state index contributed by atoms with van der Waals surface area (Å²) in [5, 5.41) is 9.02. The van der Waals surface area contributed by atoms with Crippen LogP contribution in [0.4, 0.5) is 0 Å². The van der Waals surface area contributed by atoms with E-state index in [4.69, 9.17) is 9.84 Å². The summed E-state index contributed by atoms with van der Waals surface area (Å²) >= 11 is 0. The molecular weight excluding hydrogens is 250 g/mol. The molecule has 0 spiro atoms. The highest BCUT2D eigenvalue weighted by molar-refractivity contribution is 5.81. The number of carboxylic acids is 1. The van der Waals surface area contributed by atoms with E-state index in [0.29, 0.717) is 5.75 Å². The van der Waals surface area contributed by atoms with Crippen LogP contribution in [0.25, 0.3) is 0 Å². The SMILES string of the molecule is C=CC(=O)ON[C@@H](Cc1ccc(OC)cc1)C(=O)O. The standard InChI is InChI=1S/C13H15NO5/c1-3-12(15)19-14-11(13(16)17)8-9-4-6-10(18-2)7-5-9/h3-7,11,14H,1,8H2,2H3,(H,16,17)/t11-/m0/s1. The summed E-state index contributed by atoms with van der Waals surface area (Å²) in [6, 6.07) is 5.91. The van der Waals surface area contributed by atoms with Gasteiger partial charge in [0.2, 0.25) is 0 Å². The Balaban J connectivity index is 2.64. The lowest BCUT2D eigenvalue weighted by atomic mass is 10.1. The number of carboxylic acid groups (broad SMARTS) is 1. The molecule has 6 nitrogen and oxygen atoms in total. The molecule has 0 unspecified atom stereocenters. The normalized spacial score (nSPS) is 11.4. The van der Waals surface area contributed by atoms with E-state index in [1.165, 1.54) is 0 Å². The predicted octanol–water partition coefficient (Wildman–Crippen LogP) is 0.925. The van der Waals surface area contributed by atoms with Gasteiger partial charge in [-0.1, -0.05) is 18.7 Å². The van der Waals surface area contributed by atoms with Crippen LogP contribution in [0.1, 0.15) is 5.56 Å². The second-order valence-electron chi connectivity index (χ2n) is 3.69. The summed E-state index contributed by atoms with van der Waals surface area (Å²) in [4.78, 5) is 26.4. The number of aliphatic carboxylic acids is 1. The molecule has 0 fully saturated rings.